The van der Waals surface area contributed by atoms with E-state index >= 15 is 0 Å². The number of nitrogen functional groups attached to an aromatic ring is 1. The summed E-state index contributed by atoms with van der Waals surface area (Å²) in [6.45, 7) is 6.23. The van der Waals surface area contributed by atoms with E-state index in [-0.39, 0.29) is 17.8 Å². The van der Waals surface area contributed by atoms with E-state index in [1.54, 1.807) is 12.1 Å². The number of ether oxygens (including phenoxy) is 1. The number of primary amides is 1. The van der Waals surface area contributed by atoms with Gasteiger partial charge in [-0.3, -0.25) is 4.79 Å². The second-order valence-electron chi connectivity index (χ2n) is 7.39. The van der Waals surface area contributed by atoms with Gasteiger partial charge in [-0.05, 0) is 42.0 Å². The molecule has 1 aliphatic rings. The molecule has 6 heteroatoms. The Hall–Kier alpha value is -3.07. The molecular formula is C20H22N4O2. The first kappa shape index (κ1) is 17.7. The number of nitriles is 1. The Morgan fingerprint density at radius 2 is 2.00 bits per heavy atom. The van der Waals surface area contributed by atoms with Gasteiger partial charge in [-0.1, -0.05) is 26.0 Å². The van der Waals surface area contributed by atoms with E-state index < -0.39 is 5.91 Å². The Kier molecular flexibility index (Phi) is 4.33. The van der Waals surface area contributed by atoms with Crippen LogP contribution in [0, 0.1) is 23.7 Å². The summed E-state index contributed by atoms with van der Waals surface area (Å²) in [6.07, 6.45) is 1.06. The van der Waals surface area contributed by atoms with Crippen LogP contribution < -0.4 is 16.2 Å². The lowest BCUT2D eigenvalue weighted by molar-refractivity contribution is -0.119. The van der Waals surface area contributed by atoms with Gasteiger partial charge < -0.3 is 16.2 Å². The van der Waals surface area contributed by atoms with Crippen LogP contribution in [-0.2, 0) is 4.79 Å². The number of aromatic nitrogens is 1. The number of rotatable bonds is 5. The Labute approximate surface area is 152 Å². The van der Waals surface area contributed by atoms with E-state index in [2.05, 4.69) is 24.9 Å². The average Bonchev–Trinajstić information content (AvgIpc) is 3.23. The SMILES string of the molecule is Cc1c([C@H]2CC2(C)C)nc(N)c(C#N)c1-c1ccc(OCC(N)=O)cc1. The second kappa shape index (κ2) is 6.34. The standard InChI is InChI=1S/C20H22N4O2/c1-11-17(12-4-6-13(7-5-12)26-10-16(22)25)14(9-21)19(23)24-18(11)15-8-20(15,2)3/h4-7,15H,8,10H2,1-3H3,(H2,22,25)(H2,23,24)/t15-/m1/s1. The van der Waals surface area contributed by atoms with Crippen molar-refractivity contribution >= 4 is 11.7 Å². The molecule has 1 aliphatic carbocycles. The van der Waals surface area contributed by atoms with E-state index in [9.17, 15) is 10.1 Å². The van der Waals surface area contributed by atoms with Crippen LogP contribution in [0.1, 0.15) is 43.0 Å². The molecule has 1 heterocycles. The Morgan fingerprint density at radius 3 is 2.50 bits per heavy atom. The first-order valence-corrected chi connectivity index (χ1v) is 8.46. The minimum absolute atomic E-state index is 0.176. The molecule has 1 atom stereocenters. The number of hydrogen-bond donors (Lipinski definition) is 2. The van der Waals surface area contributed by atoms with Crippen molar-refractivity contribution in [1.82, 2.24) is 4.98 Å². The largest absolute Gasteiger partial charge is 0.484 e. The van der Waals surface area contributed by atoms with E-state index in [1.165, 1.54) is 0 Å². The molecule has 6 nitrogen and oxygen atoms in total. The third-order valence-electron chi connectivity index (χ3n) is 4.99. The highest BCUT2D eigenvalue weighted by atomic mass is 16.5. The summed E-state index contributed by atoms with van der Waals surface area (Å²) in [6, 6.07) is 9.37. The highest BCUT2D eigenvalue weighted by Crippen LogP contribution is 2.59. The number of amides is 1. The van der Waals surface area contributed by atoms with Crippen molar-refractivity contribution in [2.45, 2.75) is 33.1 Å². The van der Waals surface area contributed by atoms with Crippen LogP contribution >= 0.6 is 0 Å². The van der Waals surface area contributed by atoms with Crippen molar-refractivity contribution in [3.8, 4) is 22.9 Å². The van der Waals surface area contributed by atoms with Gasteiger partial charge in [-0.25, -0.2) is 4.98 Å². The molecule has 4 N–H and O–H groups in total. The van der Waals surface area contributed by atoms with E-state index in [0.29, 0.717) is 17.2 Å². The second-order valence-corrected chi connectivity index (χ2v) is 7.39. The maximum absolute atomic E-state index is 10.8. The van der Waals surface area contributed by atoms with Gasteiger partial charge in [0.15, 0.2) is 6.61 Å². The van der Waals surface area contributed by atoms with Crippen molar-refractivity contribution in [2.75, 3.05) is 12.3 Å². The number of nitrogens with two attached hydrogens (primary N) is 2. The van der Waals surface area contributed by atoms with Gasteiger partial charge in [0.1, 0.15) is 23.2 Å². The molecule has 0 bridgehead atoms. The number of nitrogens with zero attached hydrogens (tertiary/aromatic N) is 2. The molecule has 134 valence electrons. The number of carbonyl (C=O) groups is 1. The van der Waals surface area contributed by atoms with Crippen molar-refractivity contribution in [1.29, 1.82) is 5.26 Å². The molecule has 0 unspecified atom stereocenters. The molecule has 1 saturated carbocycles. The Bertz CT molecular complexity index is 911. The zero-order valence-corrected chi connectivity index (χ0v) is 15.2. The summed E-state index contributed by atoms with van der Waals surface area (Å²) in [5.41, 5.74) is 15.4. The molecule has 1 fully saturated rings. The van der Waals surface area contributed by atoms with E-state index in [1.807, 2.05) is 19.1 Å². The van der Waals surface area contributed by atoms with Gasteiger partial charge >= 0.3 is 0 Å². The summed E-state index contributed by atoms with van der Waals surface area (Å²) in [4.78, 5) is 15.4. The molecule has 26 heavy (non-hydrogen) atoms. The molecule has 2 aromatic rings. The Morgan fingerprint density at radius 1 is 1.38 bits per heavy atom. The minimum atomic E-state index is -0.532. The number of benzene rings is 1. The smallest absolute Gasteiger partial charge is 0.255 e. The number of hydrogen-bond acceptors (Lipinski definition) is 5. The topological polar surface area (TPSA) is 115 Å². The quantitative estimate of drug-likeness (QED) is 0.860. The minimum Gasteiger partial charge on any atom is -0.484 e. The summed E-state index contributed by atoms with van der Waals surface area (Å²) in [7, 11) is 0. The maximum atomic E-state index is 10.8. The molecule has 0 spiro atoms. The van der Waals surface area contributed by atoms with Gasteiger partial charge in [-0.2, -0.15) is 5.26 Å². The molecule has 0 radical (unpaired) electrons. The predicted molar refractivity (Wildman–Crippen MR) is 99.4 cm³/mol. The first-order chi connectivity index (χ1) is 12.2. The van der Waals surface area contributed by atoms with Crippen molar-refractivity contribution in [2.24, 2.45) is 11.1 Å². The van der Waals surface area contributed by atoms with Gasteiger partial charge in [0.05, 0.1) is 5.69 Å². The molecule has 0 aliphatic heterocycles. The molecule has 1 aromatic carbocycles. The fourth-order valence-electron chi connectivity index (χ4n) is 3.33. The summed E-state index contributed by atoms with van der Waals surface area (Å²) in [5, 5.41) is 9.59. The van der Waals surface area contributed by atoms with Gasteiger partial charge in [0.2, 0.25) is 0 Å². The van der Waals surface area contributed by atoms with Gasteiger partial charge in [0, 0.05) is 11.5 Å². The molecule has 0 saturated heterocycles. The highest BCUT2D eigenvalue weighted by molar-refractivity contribution is 5.79. The maximum Gasteiger partial charge on any atom is 0.255 e. The van der Waals surface area contributed by atoms with Crippen LogP contribution in [0.3, 0.4) is 0 Å². The first-order valence-electron chi connectivity index (χ1n) is 8.46. The van der Waals surface area contributed by atoms with Crippen LogP contribution in [-0.4, -0.2) is 17.5 Å². The summed E-state index contributed by atoms with van der Waals surface area (Å²) < 4.78 is 5.29. The van der Waals surface area contributed by atoms with Crippen LogP contribution in [0.4, 0.5) is 5.82 Å². The average molecular weight is 350 g/mol. The number of carbonyl (C=O) groups excluding carboxylic acids is 1. The fourth-order valence-corrected chi connectivity index (χ4v) is 3.33. The van der Waals surface area contributed by atoms with Crippen LogP contribution in [0.25, 0.3) is 11.1 Å². The zero-order valence-electron chi connectivity index (χ0n) is 15.2. The summed E-state index contributed by atoms with van der Waals surface area (Å²) in [5.74, 6) is 0.624. The number of pyridine rings is 1. The summed E-state index contributed by atoms with van der Waals surface area (Å²) >= 11 is 0. The predicted octanol–water partition coefficient (Wildman–Crippen LogP) is 2.89. The molecule has 1 amide bonds. The molecule has 1 aromatic heterocycles. The van der Waals surface area contributed by atoms with Crippen molar-refractivity contribution in [3.63, 3.8) is 0 Å². The third-order valence-corrected chi connectivity index (χ3v) is 4.99. The van der Waals surface area contributed by atoms with Gasteiger partial charge in [0.25, 0.3) is 5.91 Å². The lowest BCUT2D eigenvalue weighted by atomic mass is 9.92. The third kappa shape index (κ3) is 3.21. The Balaban J connectivity index is 2.03. The highest BCUT2D eigenvalue weighted by Gasteiger charge is 2.48. The van der Waals surface area contributed by atoms with E-state index in [4.69, 9.17) is 16.2 Å². The lowest BCUT2D eigenvalue weighted by Gasteiger charge is -2.16. The zero-order chi connectivity index (χ0) is 19.1. The van der Waals surface area contributed by atoms with Crippen LogP contribution in [0.2, 0.25) is 0 Å². The van der Waals surface area contributed by atoms with E-state index in [0.717, 1.165) is 28.8 Å². The fraction of sp³-hybridized carbons (Fsp3) is 0.350. The lowest BCUT2D eigenvalue weighted by Crippen LogP contribution is -2.19. The van der Waals surface area contributed by atoms with Gasteiger partial charge in [-0.15, -0.1) is 0 Å². The normalized spacial score (nSPS) is 17.4. The number of anilines is 1. The van der Waals surface area contributed by atoms with Crippen molar-refractivity contribution < 1.29 is 9.53 Å². The van der Waals surface area contributed by atoms with Crippen LogP contribution in [0.5, 0.6) is 5.75 Å². The van der Waals surface area contributed by atoms with Crippen LogP contribution in [0.15, 0.2) is 24.3 Å². The molecular weight excluding hydrogens is 328 g/mol. The van der Waals surface area contributed by atoms with Crippen molar-refractivity contribution in [3.05, 3.63) is 41.1 Å². The molecule has 3 rings (SSSR count). The monoisotopic (exact) mass is 350 g/mol.